The van der Waals surface area contributed by atoms with Gasteiger partial charge in [0, 0.05) is 24.0 Å². The molecule has 1 amide bonds. The molecule has 20 heavy (non-hydrogen) atoms. The van der Waals surface area contributed by atoms with Crippen LogP contribution in [0.2, 0.25) is 5.02 Å². The number of benzene rings is 1. The van der Waals surface area contributed by atoms with Crippen LogP contribution in [0.4, 0.5) is 0 Å². The third kappa shape index (κ3) is 4.22. The highest BCUT2D eigenvalue weighted by molar-refractivity contribution is 6.31. The van der Waals surface area contributed by atoms with E-state index in [1.807, 2.05) is 24.3 Å². The zero-order valence-corrected chi connectivity index (χ0v) is 12.8. The van der Waals surface area contributed by atoms with Crippen LogP contribution in [-0.4, -0.2) is 36.5 Å². The van der Waals surface area contributed by atoms with E-state index in [-0.39, 0.29) is 5.91 Å². The van der Waals surface area contributed by atoms with E-state index in [1.165, 1.54) is 12.8 Å². The quantitative estimate of drug-likeness (QED) is 0.875. The number of carbonyl (C=O) groups is 1. The second-order valence-electron chi connectivity index (χ2n) is 5.32. The van der Waals surface area contributed by atoms with Crippen molar-refractivity contribution in [2.75, 3.05) is 19.6 Å². The van der Waals surface area contributed by atoms with Gasteiger partial charge in [-0.25, -0.2) is 0 Å². The van der Waals surface area contributed by atoms with Gasteiger partial charge in [-0.1, -0.05) is 36.7 Å². The molecule has 0 unspecified atom stereocenters. The minimum atomic E-state index is 0.118. The van der Waals surface area contributed by atoms with Gasteiger partial charge in [0.25, 0.3) is 0 Å². The van der Waals surface area contributed by atoms with Crippen LogP contribution in [0.15, 0.2) is 24.3 Å². The highest BCUT2D eigenvalue weighted by Crippen LogP contribution is 2.17. The summed E-state index contributed by atoms with van der Waals surface area (Å²) < 4.78 is 0. The van der Waals surface area contributed by atoms with E-state index in [1.54, 1.807) is 0 Å². The van der Waals surface area contributed by atoms with E-state index >= 15 is 0 Å². The summed E-state index contributed by atoms with van der Waals surface area (Å²) in [6.07, 6.45) is 3.64. The number of rotatable bonds is 6. The molecule has 1 aromatic rings. The summed E-state index contributed by atoms with van der Waals surface area (Å²) >= 11 is 6.09. The lowest BCUT2D eigenvalue weighted by atomic mass is 10.1. The molecule has 1 aliphatic rings. The van der Waals surface area contributed by atoms with Gasteiger partial charge in [-0.05, 0) is 44.0 Å². The monoisotopic (exact) mass is 294 g/mol. The molecule has 0 bridgehead atoms. The van der Waals surface area contributed by atoms with Crippen LogP contribution in [0.25, 0.3) is 0 Å². The second-order valence-corrected chi connectivity index (χ2v) is 5.73. The summed E-state index contributed by atoms with van der Waals surface area (Å²) in [5, 5.41) is 3.80. The van der Waals surface area contributed by atoms with Gasteiger partial charge in [0.2, 0.25) is 5.91 Å². The third-order valence-electron chi connectivity index (χ3n) is 4.02. The lowest BCUT2D eigenvalue weighted by Gasteiger charge is -2.22. The van der Waals surface area contributed by atoms with Crippen LogP contribution in [0.5, 0.6) is 0 Å². The van der Waals surface area contributed by atoms with Crippen molar-refractivity contribution in [3.63, 3.8) is 0 Å². The van der Waals surface area contributed by atoms with Crippen molar-refractivity contribution < 1.29 is 4.79 Å². The first-order valence-corrected chi connectivity index (χ1v) is 7.82. The average molecular weight is 295 g/mol. The molecule has 1 fully saturated rings. The Balaban J connectivity index is 1.72. The maximum atomic E-state index is 11.9. The van der Waals surface area contributed by atoms with Crippen molar-refractivity contribution in [1.82, 2.24) is 10.2 Å². The summed E-state index contributed by atoms with van der Waals surface area (Å²) in [7, 11) is 0. The smallest absolute Gasteiger partial charge is 0.220 e. The van der Waals surface area contributed by atoms with Crippen molar-refractivity contribution in [2.24, 2.45) is 0 Å². The number of aryl methyl sites for hydroxylation is 1. The molecule has 1 aliphatic heterocycles. The van der Waals surface area contributed by atoms with Gasteiger partial charge in [-0.15, -0.1) is 0 Å². The fourth-order valence-corrected chi connectivity index (χ4v) is 3.04. The molecule has 0 spiro atoms. The molecule has 0 aromatic heterocycles. The van der Waals surface area contributed by atoms with E-state index in [9.17, 15) is 4.79 Å². The van der Waals surface area contributed by atoms with Crippen LogP contribution in [0, 0.1) is 0 Å². The lowest BCUT2D eigenvalue weighted by Crippen LogP contribution is -2.40. The normalized spacial score (nSPS) is 19.2. The number of hydrogen-bond donors (Lipinski definition) is 1. The molecular formula is C16H23ClN2O. The van der Waals surface area contributed by atoms with Crippen molar-refractivity contribution in [2.45, 2.75) is 38.6 Å². The Bertz CT molecular complexity index is 450. The largest absolute Gasteiger partial charge is 0.355 e. The minimum absolute atomic E-state index is 0.118. The van der Waals surface area contributed by atoms with Gasteiger partial charge < -0.3 is 5.32 Å². The van der Waals surface area contributed by atoms with E-state index < -0.39 is 0 Å². The Morgan fingerprint density at radius 3 is 3.00 bits per heavy atom. The number of likely N-dealkylation sites (tertiary alicyclic amines) is 1. The van der Waals surface area contributed by atoms with Crippen LogP contribution in [0.3, 0.4) is 0 Å². The van der Waals surface area contributed by atoms with Gasteiger partial charge in [0.1, 0.15) is 0 Å². The van der Waals surface area contributed by atoms with E-state index in [0.29, 0.717) is 18.9 Å². The van der Waals surface area contributed by atoms with Gasteiger partial charge in [-0.2, -0.15) is 0 Å². The van der Waals surface area contributed by atoms with Crippen molar-refractivity contribution in [1.29, 1.82) is 0 Å². The zero-order chi connectivity index (χ0) is 14.4. The molecule has 1 heterocycles. The van der Waals surface area contributed by atoms with E-state index in [2.05, 4.69) is 17.1 Å². The SMILES string of the molecule is CCN1CCC[C@@H]1CNC(=O)CCc1ccccc1Cl. The molecule has 0 saturated carbocycles. The first-order valence-electron chi connectivity index (χ1n) is 7.45. The number of amides is 1. The van der Waals surface area contributed by atoms with Gasteiger partial charge >= 0.3 is 0 Å². The minimum Gasteiger partial charge on any atom is -0.355 e. The fraction of sp³-hybridized carbons (Fsp3) is 0.562. The van der Waals surface area contributed by atoms with E-state index in [0.717, 1.165) is 30.2 Å². The summed E-state index contributed by atoms with van der Waals surface area (Å²) in [5.41, 5.74) is 1.04. The second kappa shape index (κ2) is 7.65. The molecular weight excluding hydrogens is 272 g/mol. The number of likely N-dealkylation sites (N-methyl/N-ethyl adjacent to an activating group) is 1. The fourth-order valence-electron chi connectivity index (χ4n) is 2.81. The van der Waals surface area contributed by atoms with Gasteiger partial charge in [-0.3, -0.25) is 9.69 Å². The van der Waals surface area contributed by atoms with Gasteiger partial charge in [0.05, 0.1) is 0 Å². The molecule has 110 valence electrons. The topological polar surface area (TPSA) is 32.3 Å². The predicted octanol–water partition coefficient (Wildman–Crippen LogP) is 2.87. The number of nitrogens with one attached hydrogen (secondary N) is 1. The molecule has 3 nitrogen and oxygen atoms in total. The molecule has 0 radical (unpaired) electrons. The average Bonchev–Trinajstić information content (AvgIpc) is 2.91. The van der Waals surface area contributed by atoms with Crippen molar-refractivity contribution in [3.8, 4) is 0 Å². The Labute approximate surface area is 126 Å². The number of halogens is 1. The summed E-state index contributed by atoms with van der Waals surface area (Å²) in [6, 6.07) is 8.23. The van der Waals surface area contributed by atoms with Crippen LogP contribution in [-0.2, 0) is 11.2 Å². The molecule has 1 aromatic carbocycles. The molecule has 2 rings (SSSR count). The van der Waals surface area contributed by atoms with E-state index in [4.69, 9.17) is 11.6 Å². The standard InChI is InChI=1S/C16H23ClN2O/c1-2-19-11-5-7-14(19)12-18-16(20)10-9-13-6-3-4-8-15(13)17/h3-4,6,8,14H,2,5,7,9-12H2,1H3,(H,18,20)/t14-/m1/s1. The Hall–Kier alpha value is -1.06. The molecule has 1 saturated heterocycles. The zero-order valence-electron chi connectivity index (χ0n) is 12.1. The molecule has 1 N–H and O–H groups in total. The lowest BCUT2D eigenvalue weighted by molar-refractivity contribution is -0.121. The van der Waals surface area contributed by atoms with Crippen LogP contribution < -0.4 is 5.32 Å². The first-order chi connectivity index (χ1) is 9.70. The third-order valence-corrected chi connectivity index (χ3v) is 4.39. The molecule has 1 atom stereocenters. The summed E-state index contributed by atoms with van der Waals surface area (Å²) in [5.74, 6) is 0.118. The highest BCUT2D eigenvalue weighted by atomic mass is 35.5. The number of nitrogens with zero attached hydrogens (tertiary/aromatic N) is 1. The maximum absolute atomic E-state index is 11.9. The molecule has 0 aliphatic carbocycles. The van der Waals surface area contributed by atoms with Crippen LogP contribution in [0.1, 0.15) is 31.7 Å². The van der Waals surface area contributed by atoms with Crippen molar-refractivity contribution in [3.05, 3.63) is 34.9 Å². The Morgan fingerprint density at radius 2 is 2.25 bits per heavy atom. The predicted molar refractivity (Wildman–Crippen MR) is 83.1 cm³/mol. The Morgan fingerprint density at radius 1 is 1.45 bits per heavy atom. The summed E-state index contributed by atoms with van der Waals surface area (Å²) in [6.45, 7) is 5.18. The summed E-state index contributed by atoms with van der Waals surface area (Å²) in [4.78, 5) is 14.3. The number of carbonyl (C=O) groups excluding carboxylic acids is 1. The Kier molecular flexibility index (Phi) is 5.86. The highest BCUT2D eigenvalue weighted by Gasteiger charge is 2.22. The van der Waals surface area contributed by atoms with Gasteiger partial charge in [0.15, 0.2) is 0 Å². The number of hydrogen-bond acceptors (Lipinski definition) is 2. The maximum Gasteiger partial charge on any atom is 0.220 e. The molecule has 4 heteroatoms. The first kappa shape index (κ1) is 15.3. The van der Waals surface area contributed by atoms with Crippen LogP contribution >= 0.6 is 11.6 Å². The van der Waals surface area contributed by atoms with Crippen molar-refractivity contribution >= 4 is 17.5 Å².